The van der Waals surface area contributed by atoms with Crippen molar-refractivity contribution in [3.05, 3.63) is 53.7 Å². The number of esters is 1. The molecule has 0 aliphatic heterocycles. The molecule has 6 heteroatoms. The SMILES string of the molecule is O=C(OCc1ccc(C(=O)O)o1)c1ccncc1. The monoisotopic (exact) mass is 247 g/mol. The lowest BCUT2D eigenvalue weighted by Gasteiger charge is -2.01. The van der Waals surface area contributed by atoms with Crippen LogP contribution in [0.4, 0.5) is 0 Å². The summed E-state index contributed by atoms with van der Waals surface area (Å²) in [4.78, 5) is 25.9. The van der Waals surface area contributed by atoms with Crippen molar-refractivity contribution in [2.24, 2.45) is 0 Å². The number of aromatic nitrogens is 1. The van der Waals surface area contributed by atoms with E-state index in [2.05, 4.69) is 4.98 Å². The molecule has 6 nitrogen and oxygen atoms in total. The van der Waals surface area contributed by atoms with Crippen molar-refractivity contribution in [2.45, 2.75) is 6.61 Å². The third-order valence-electron chi connectivity index (χ3n) is 2.13. The molecular formula is C12H9NO5. The van der Waals surface area contributed by atoms with Gasteiger partial charge in [0.2, 0.25) is 5.76 Å². The molecule has 0 atom stereocenters. The van der Waals surface area contributed by atoms with E-state index >= 15 is 0 Å². The first-order valence-electron chi connectivity index (χ1n) is 5.06. The molecule has 1 N–H and O–H groups in total. The quantitative estimate of drug-likeness (QED) is 0.827. The highest BCUT2D eigenvalue weighted by atomic mass is 16.5. The van der Waals surface area contributed by atoms with E-state index in [1.807, 2.05) is 0 Å². The number of carboxylic acids is 1. The average Bonchev–Trinajstić information content (AvgIpc) is 2.86. The van der Waals surface area contributed by atoms with Crippen molar-refractivity contribution >= 4 is 11.9 Å². The number of carbonyl (C=O) groups is 2. The standard InChI is InChI=1S/C12H9NO5/c14-11(15)10-2-1-9(18-10)7-17-12(16)8-3-5-13-6-4-8/h1-6H,7H2,(H,14,15). The molecule has 2 heterocycles. The van der Waals surface area contributed by atoms with Crippen LogP contribution >= 0.6 is 0 Å². The maximum atomic E-state index is 11.6. The molecule has 2 aromatic heterocycles. The van der Waals surface area contributed by atoms with Gasteiger partial charge in [-0.15, -0.1) is 0 Å². The van der Waals surface area contributed by atoms with Gasteiger partial charge in [-0.2, -0.15) is 0 Å². The minimum absolute atomic E-state index is 0.117. The highest BCUT2D eigenvalue weighted by Gasteiger charge is 2.11. The second-order valence-electron chi connectivity index (χ2n) is 3.38. The molecule has 0 amide bonds. The molecule has 18 heavy (non-hydrogen) atoms. The number of carboxylic acid groups (broad SMARTS) is 1. The zero-order valence-electron chi connectivity index (χ0n) is 9.20. The Morgan fingerprint density at radius 1 is 1.22 bits per heavy atom. The van der Waals surface area contributed by atoms with Crippen molar-refractivity contribution in [2.75, 3.05) is 0 Å². The van der Waals surface area contributed by atoms with Crippen molar-refractivity contribution in [1.82, 2.24) is 4.98 Å². The highest BCUT2D eigenvalue weighted by Crippen LogP contribution is 2.10. The lowest BCUT2D eigenvalue weighted by Crippen LogP contribution is -2.04. The molecule has 92 valence electrons. The van der Waals surface area contributed by atoms with Gasteiger partial charge in [0, 0.05) is 12.4 Å². The van der Waals surface area contributed by atoms with Gasteiger partial charge in [-0.25, -0.2) is 9.59 Å². The highest BCUT2D eigenvalue weighted by molar-refractivity contribution is 5.89. The molecule has 2 aromatic rings. The first kappa shape index (κ1) is 11.8. The molecule has 0 unspecified atom stereocenters. The van der Waals surface area contributed by atoms with E-state index in [4.69, 9.17) is 14.3 Å². The predicted molar refractivity (Wildman–Crippen MR) is 59.0 cm³/mol. The van der Waals surface area contributed by atoms with Crippen LogP contribution in [0.25, 0.3) is 0 Å². The van der Waals surface area contributed by atoms with E-state index in [0.29, 0.717) is 5.56 Å². The fourth-order valence-electron chi connectivity index (χ4n) is 1.28. The van der Waals surface area contributed by atoms with Gasteiger partial charge < -0.3 is 14.3 Å². The van der Waals surface area contributed by atoms with Gasteiger partial charge in [-0.3, -0.25) is 4.98 Å². The van der Waals surface area contributed by atoms with Crippen LogP contribution in [0.1, 0.15) is 26.7 Å². The minimum Gasteiger partial charge on any atom is -0.475 e. The third-order valence-corrected chi connectivity index (χ3v) is 2.13. The normalized spacial score (nSPS) is 10.0. The molecule has 0 aliphatic rings. The Morgan fingerprint density at radius 2 is 1.94 bits per heavy atom. The summed E-state index contributed by atoms with van der Waals surface area (Å²) >= 11 is 0. The summed E-state index contributed by atoms with van der Waals surface area (Å²) in [6.07, 6.45) is 2.96. The van der Waals surface area contributed by atoms with E-state index in [9.17, 15) is 9.59 Å². The Kier molecular flexibility index (Phi) is 3.38. The Hall–Kier alpha value is -2.63. The molecular weight excluding hydrogens is 238 g/mol. The van der Waals surface area contributed by atoms with Gasteiger partial charge in [0.05, 0.1) is 5.56 Å². The van der Waals surface area contributed by atoms with Gasteiger partial charge in [0.25, 0.3) is 0 Å². The number of pyridine rings is 1. The number of aromatic carboxylic acids is 1. The lowest BCUT2D eigenvalue weighted by molar-refractivity contribution is 0.0442. The topological polar surface area (TPSA) is 89.6 Å². The summed E-state index contributed by atoms with van der Waals surface area (Å²) in [7, 11) is 0. The van der Waals surface area contributed by atoms with Crippen LogP contribution < -0.4 is 0 Å². The molecule has 0 saturated heterocycles. The number of hydrogen-bond donors (Lipinski definition) is 1. The first-order valence-corrected chi connectivity index (χ1v) is 5.06. The number of furan rings is 1. The van der Waals surface area contributed by atoms with Crippen LogP contribution in [-0.2, 0) is 11.3 Å². The van der Waals surface area contributed by atoms with Crippen LogP contribution in [0.2, 0.25) is 0 Å². The van der Waals surface area contributed by atoms with Gasteiger partial charge >= 0.3 is 11.9 Å². The molecule has 0 saturated carbocycles. The zero-order valence-corrected chi connectivity index (χ0v) is 9.20. The van der Waals surface area contributed by atoms with Crippen molar-refractivity contribution < 1.29 is 23.8 Å². The summed E-state index contributed by atoms with van der Waals surface area (Å²) in [5, 5.41) is 8.65. The fraction of sp³-hybridized carbons (Fsp3) is 0.0833. The maximum Gasteiger partial charge on any atom is 0.371 e. The fourth-order valence-corrected chi connectivity index (χ4v) is 1.28. The first-order chi connectivity index (χ1) is 8.66. The van der Waals surface area contributed by atoms with Crippen molar-refractivity contribution in [3.8, 4) is 0 Å². The molecule has 0 fully saturated rings. The van der Waals surface area contributed by atoms with Gasteiger partial charge in [0.1, 0.15) is 12.4 Å². The zero-order chi connectivity index (χ0) is 13.0. The second kappa shape index (κ2) is 5.13. The lowest BCUT2D eigenvalue weighted by atomic mass is 10.3. The molecule has 0 aliphatic carbocycles. The van der Waals surface area contributed by atoms with Crippen LogP contribution in [-0.4, -0.2) is 22.0 Å². The maximum absolute atomic E-state index is 11.6. The summed E-state index contributed by atoms with van der Waals surface area (Å²) in [5.74, 6) is -1.60. The van der Waals surface area contributed by atoms with Gasteiger partial charge in [-0.1, -0.05) is 0 Å². The Bertz CT molecular complexity index is 561. The number of carbonyl (C=O) groups excluding carboxylic acids is 1. The Balaban J connectivity index is 1.95. The van der Waals surface area contributed by atoms with Crippen molar-refractivity contribution in [3.63, 3.8) is 0 Å². The van der Waals surface area contributed by atoms with E-state index in [-0.39, 0.29) is 18.1 Å². The Morgan fingerprint density at radius 3 is 2.56 bits per heavy atom. The number of rotatable bonds is 4. The van der Waals surface area contributed by atoms with Gasteiger partial charge in [-0.05, 0) is 24.3 Å². The van der Waals surface area contributed by atoms with Crippen molar-refractivity contribution in [1.29, 1.82) is 0 Å². The van der Waals surface area contributed by atoms with E-state index in [1.54, 1.807) is 0 Å². The number of nitrogens with zero attached hydrogens (tertiary/aromatic N) is 1. The Labute approximate surface area is 102 Å². The minimum atomic E-state index is -1.17. The van der Waals surface area contributed by atoms with Gasteiger partial charge in [0.15, 0.2) is 0 Å². The van der Waals surface area contributed by atoms with Crippen LogP contribution in [0.3, 0.4) is 0 Å². The average molecular weight is 247 g/mol. The summed E-state index contributed by atoms with van der Waals surface area (Å²) in [5.41, 5.74) is 0.370. The predicted octanol–water partition coefficient (Wildman–Crippen LogP) is 1.73. The van der Waals surface area contributed by atoms with Crippen LogP contribution in [0.5, 0.6) is 0 Å². The van der Waals surface area contributed by atoms with E-state index in [1.165, 1.54) is 36.7 Å². The molecule has 2 rings (SSSR count). The molecule has 0 spiro atoms. The summed E-state index contributed by atoms with van der Waals surface area (Å²) < 4.78 is 9.90. The largest absolute Gasteiger partial charge is 0.475 e. The number of ether oxygens (including phenoxy) is 1. The van der Waals surface area contributed by atoms with Crippen LogP contribution in [0.15, 0.2) is 41.1 Å². The number of hydrogen-bond acceptors (Lipinski definition) is 5. The molecule has 0 aromatic carbocycles. The molecule has 0 bridgehead atoms. The second-order valence-corrected chi connectivity index (χ2v) is 3.38. The third kappa shape index (κ3) is 2.73. The van der Waals surface area contributed by atoms with E-state index in [0.717, 1.165) is 0 Å². The summed E-state index contributed by atoms with van der Waals surface area (Å²) in [6.45, 7) is -0.117. The molecule has 0 radical (unpaired) electrons. The smallest absolute Gasteiger partial charge is 0.371 e. The van der Waals surface area contributed by atoms with E-state index < -0.39 is 11.9 Å². The summed E-state index contributed by atoms with van der Waals surface area (Å²) in [6, 6.07) is 5.79. The van der Waals surface area contributed by atoms with Crippen LogP contribution in [0, 0.1) is 0 Å².